The van der Waals surface area contributed by atoms with Crippen molar-refractivity contribution in [1.29, 1.82) is 0 Å². The summed E-state index contributed by atoms with van der Waals surface area (Å²) in [6.07, 6.45) is 1.61. The lowest BCUT2D eigenvalue weighted by Crippen LogP contribution is -2.32. The Balaban J connectivity index is 1.39. The predicted molar refractivity (Wildman–Crippen MR) is 123 cm³/mol. The lowest BCUT2D eigenvalue weighted by atomic mass is 10.1. The number of benzene rings is 2. The Labute approximate surface area is 186 Å². The summed E-state index contributed by atoms with van der Waals surface area (Å²) in [6.45, 7) is 3.40. The van der Waals surface area contributed by atoms with Crippen molar-refractivity contribution in [2.75, 3.05) is 6.54 Å². The van der Waals surface area contributed by atoms with Crippen molar-refractivity contribution in [1.82, 2.24) is 15.1 Å². The van der Waals surface area contributed by atoms with Crippen molar-refractivity contribution in [3.8, 4) is 11.5 Å². The third kappa shape index (κ3) is 5.89. The number of hydrogen-bond donors (Lipinski definition) is 0. The van der Waals surface area contributed by atoms with Crippen molar-refractivity contribution in [3.63, 3.8) is 0 Å². The molecule has 158 valence electrons. The maximum atomic E-state index is 13.1. The van der Waals surface area contributed by atoms with E-state index in [4.69, 9.17) is 4.42 Å². The highest BCUT2D eigenvalue weighted by Gasteiger charge is 2.17. The molecule has 6 heteroatoms. The van der Waals surface area contributed by atoms with Crippen LogP contribution in [0, 0.1) is 6.92 Å². The van der Waals surface area contributed by atoms with E-state index in [-0.39, 0.29) is 5.91 Å². The lowest BCUT2D eigenvalue weighted by Gasteiger charge is -2.22. The first kappa shape index (κ1) is 21.0. The van der Waals surface area contributed by atoms with Crippen LogP contribution in [0.1, 0.15) is 27.6 Å². The van der Waals surface area contributed by atoms with Crippen LogP contribution in [0.25, 0.3) is 11.5 Å². The largest absolute Gasteiger partial charge is 0.421 e. The van der Waals surface area contributed by atoms with Crippen LogP contribution < -0.4 is 0 Å². The molecule has 0 fully saturated rings. The van der Waals surface area contributed by atoms with Gasteiger partial charge in [0.15, 0.2) is 0 Å². The maximum absolute atomic E-state index is 13.1. The fourth-order valence-electron chi connectivity index (χ4n) is 3.38. The van der Waals surface area contributed by atoms with Gasteiger partial charge in [0, 0.05) is 34.7 Å². The van der Waals surface area contributed by atoms with E-state index in [1.165, 1.54) is 15.3 Å². The number of carbonyl (C=O) groups is 1. The molecule has 31 heavy (non-hydrogen) atoms. The minimum Gasteiger partial charge on any atom is -0.421 e. The van der Waals surface area contributed by atoms with Gasteiger partial charge in [0.25, 0.3) is 0 Å². The lowest BCUT2D eigenvalue weighted by molar-refractivity contribution is -0.131. The number of amides is 1. The number of aromatic nitrogens is 2. The van der Waals surface area contributed by atoms with Gasteiger partial charge in [-0.3, -0.25) is 4.79 Å². The summed E-state index contributed by atoms with van der Waals surface area (Å²) in [5, 5.41) is 8.24. The van der Waals surface area contributed by atoms with Crippen LogP contribution in [0.5, 0.6) is 0 Å². The van der Waals surface area contributed by atoms with Crippen molar-refractivity contribution < 1.29 is 9.21 Å². The van der Waals surface area contributed by atoms with Crippen LogP contribution in [0.3, 0.4) is 0 Å². The van der Waals surface area contributed by atoms with Crippen LogP contribution in [0.15, 0.2) is 77.2 Å². The number of thiophene rings is 1. The van der Waals surface area contributed by atoms with Crippen molar-refractivity contribution >= 4 is 17.2 Å². The van der Waals surface area contributed by atoms with Gasteiger partial charge in [0.05, 0.1) is 6.54 Å². The van der Waals surface area contributed by atoms with E-state index in [9.17, 15) is 4.79 Å². The van der Waals surface area contributed by atoms with E-state index < -0.39 is 0 Å². The molecular weight excluding hydrogens is 406 g/mol. The maximum Gasteiger partial charge on any atom is 0.247 e. The molecule has 0 unspecified atom stereocenters. The Hall–Kier alpha value is -3.25. The second-order valence-electron chi connectivity index (χ2n) is 7.43. The smallest absolute Gasteiger partial charge is 0.247 e. The van der Waals surface area contributed by atoms with E-state index in [0.717, 1.165) is 12.0 Å². The van der Waals surface area contributed by atoms with Gasteiger partial charge in [-0.15, -0.1) is 21.5 Å². The first-order valence-corrected chi connectivity index (χ1v) is 11.2. The Kier molecular flexibility index (Phi) is 6.89. The molecule has 2 aromatic heterocycles. The van der Waals surface area contributed by atoms with Crippen molar-refractivity contribution in [2.24, 2.45) is 0 Å². The highest BCUT2D eigenvalue weighted by Crippen LogP contribution is 2.20. The summed E-state index contributed by atoms with van der Waals surface area (Å²) in [5.74, 6) is 1.07. The normalized spacial score (nSPS) is 10.9. The topological polar surface area (TPSA) is 59.2 Å². The number of rotatable bonds is 9. The van der Waals surface area contributed by atoms with Gasteiger partial charge in [0.2, 0.25) is 17.7 Å². The quantitative estimate of drug-likeness (QED) is 0.360. The second kappa shape index (κ2) is 10.2. The third-order valence-electron chi connectivity index (χ3n) is 5.05. The molecule has 2 heterocycles. The molecule has 0 saturated carbocycles. The molecule has 0 aliphatic heterocycles. The van der Waals surface area contributed by atoms with Gasteiger partial charge >= 0.3 is 0 Å². The summed E-state index contributed by atoms with van der Waals surface area (Å²) in [5.41, 5.74) is 2.11. The molecule has 4 aromatic rings. The zero-order chi connectivity index (χ0) is 21.5. The van der Waals surface area contributed by atoms with Gasteiger partial charge in [0.1, 0.15) is 0 Å². The van der Waals surface area contributed by atoms with E-state index in [1.807, 2.05) is 53.4 Å². The fourth-order valence-corrected chi connectivity index (χ4v) is 4.29. The molecule has 0 aliphatic rings. The molecule has 0 saturated heterocycles. The molecule has 1 amide bonds. The van der Waals surface area contributed by atoms with Crippen molar-refractivity contribution in [3.05, 3.63) is 94.0 Å². The van der Waals surface area contributed by atoms with Crippen LogP contribution in [0.4, 0.5) is 0 Å². The molecule has 0 atom stereocenters. The molecule has 4 rings (SSSR count). The first-order chi connectivity index (χ1) is 15.2. The van der Waals surface area contributed by atoms with Gasteiger partial charge in [-0.05, 0) is 43.2 Å². The number of hydrogen-bond acceptors (Lipinski definition) is 5. The van der Waals surface area contributed by atoms with E-state index >= 15 is 0 Å². The highest BCUT2D eigenvalue weighted by molar-refractivity contribution is 7.11. The molecule has 0 bridgehead atoms. The summed E-state index contributed by atoms with van der Waals surface area (Å²) in [7, 11) is 0. The molecule has 5 nitrogen and oxygen atoms in total. The number of aryl methyl sites for hydroxylation is 2. The van der Waals surface area contributed by atoms with E-state index in [2.05, 4.69) is 41.4 Å². The molecule has 0 aliphatic carbocycles. The van der Waals surface area contributed by atoms with Crippen LogP contribution in [-0.2, 0) is 24.2 Å². The molecule has 0 radical (unpaired) electrons. The summed E-state index contributed by atoms with van der Waals surface area (Å²) in [6, 6.07) is 24.1. The second-order valence-corrected chi connectivity index (χ2v) is 8.80. The molecular formula is C25H25N3O2S. The summed E-state index contributed by atoms with van der Waals surface area (Å²) in [4.78, 5) is 17.5. The third-order valence-corrected chi connectivity index (χ3v) is 6.03. The number of carbonyl (C=O) groups excluding carboxylic acids is 1. The highest BCUT2D eigenvalue weighted by atomic mass is 32.1. The zero-order valence-corrected chi connectivity index (χ0v) is 18.3. The first-order valence-electron chi connectivity index (χ1n) is 10.4. The Morgan fingerprint density at radius 2 is 1.68 bits per heavy atom. The average Bonchev–Trinajstić information content (AvgIpc) is 3.45. The Bertz CT molecular complexity index is 1110. The van der Waals surface area contributed by atoms with Crippen LogP contribution in [0.2, 0.25) is 0 Å². The summed E-state index contributed by atoms with van der Waals surface area (Å²) >= 11 is 1.74. The fraction of sp³-hybridized carbons (Fsp3) is 0.240. The van der Waals surface area contributed by atoms with Gasteiger partial charge < -0.3 is 9.32 Å². The van der Waals surface area contributed by atoms with E-state index in [1.54, 1.807) is 11.3 Å². The predicted octanol–water partition coefficient (Wildman–Crippen LogP) is 5.31. The summed E-state index contributed by atoms with van der Waals surface area (Å²) < 4.78 is 5.76. The van der Waals surface area contributed by atoms with Gasteiger partial charge in [-0.25, -0.2) is 0 Å². The Morgan fingerprint density at radius 3 is 2.39 bits per heavy atom. The van der Waals surface area contributed by atoms with Crippen molar-refractivity contribution in [2.45, 2.75) is 32.7 Å². The van der Waals surface area contributed by atoms with E-state index in [0.29, 0.717) is 37.7 Å². The average molecular weight is 432 g/mol. The van der Waals surface area contributed by atoms with Crippen LogP contribution in [-0.4, -0.2) is 27.5 Å². The number of nitrogens with zero attached hydrogens (tertiary/aromatic N) is 3. The monoisotopic (exact) mass is 431 g/mol. The van der Waals surface area contributed by atoms with Gasteiger partial charge in [-0.2, -0.15) is 0 Å². The Morgan fingerprint density at radius 1 is 0.935 bits per heavy atom. The minimum atomic E-state index is 0.0986. The standard InChI is InChI=1S/C25H25N3O2S/c1-19-12-13-22(31-19)18-28(17-16-20-8-4-2-5-9-20)24(29)15-14-23-26-27-25(30-23)21-10-6-3-7-11-21/h2-13H,14-18H2,1H3. The molecule has 2 aromatic carbocycles. The zero-order valence-electron chi connectivity index (χ0n) is 17.5. The molecule has 0 spiro atoms. The van der Waals surface area contributed by atoms with Gasteiger partial charge in [-0.1, -0.05) is 48.5 Å². The van der Waals surface area contributed by atoms with Crippen LogP contribution >= 0.6 is 11.3 Å². The molecule has 0 N–H and O–H groups in total. The SMILES string of the molecule is Cc1ccc(CN(CCc2ccccc2)C(=O)CCc2nnc(-c3ccccc3)o2)s1. The minimum absolute atomic E-state index is 0.0986.